The van der Waals surface area contributed by atoms with Crippen LogP contribution in [0.2, 0.25) is 0 Å². The summed E-state index contributed by atoms with van der Waals surface area (Å²) < 4.78 is 0. The molecular weight excluding hydrogens is 244 g/mol. The summed E-state index contributed by atoms with van der Waals surface area (Å²) >= 11 is 1.55. The van der Waals surface area contributed by atoms with E-state index in [1.165, 1.54) is 0 Å². The van der Waals surface area contributed by atoms with Crippen LogP contribution in [0.5, 0.6) is 0 Å². The van der Waals surface area contributed by atoms with E-state index in [0.29, 0.717) is 18.7 Å². The fraction of sp³-hybridized carbons (Fsp3) is 0.214. The van der Waals surface area contributed by atoms with E-state index in [9.17, 15) is 5.11 Å². The summed E-state index contributed by atoms with van der Waals surface area (Å²) in [6.45, 7) is 1.16. The highest BCUT2D eigenvalue weighted by Gasteiger charge is 2.07. The molecule has 4 heteroatoms. The summed E-state index contributed by atoms with van der Waals surface area (Å²) in [6, 6.07) is 13.4. The second-order valence-electron chi connectivity index (χ2n) is 3.97. The van der Waals surface area contributed by atoms with E-state index in [4.69, 9.17) is 5.26 Å². The molecule has 1 aromatic heterocycles. The Labute approximate surface area is 110 Å². The zero-order chi connectivity index (χ0) is 12.8. The SMILES string of the molecule is N#Cc1cccc(CNCC(O)c2cccs2)c1. The van der Waals surface area contributed by atoms with Crippen molar-refractivity contribution in [2.75, 3.05) is 6.54 Å². The van der Waals surface area contributed by atoms with Gasteiger partial charge in [-0.3, -0.25) is 0 Å². The van der Waals surface area contributed by atoms with Crippen LogP contribution in [0.25, 0.3) is 0 Å². The number of nitrogens with zero attached hydrogens (tertiary/aromatic N) is 1. The van der Waals surface area contributed by atoms with Crippen LogP contribution < -0.4 is 5.32 Å². The summed E-state index contributed by atoms with van der Waals surface area (Å²) in [7, 11) is 0. The van der Waals surface area contributed by atoms with E-state index in [0.717, 1.165) is 10.4 Å². The number of benzene rings is 1. The monoisotopic (exact) mass is 258 g/mol. The highest BCUT2D eigenvalue weighted by Crippen LogP contribution is 2.17. The van der Waals surface area contributed by atoms with Crippen LogP contribution in [0.1, 0.15) is 22.1 Å². The quantitative estimate of drug-likeness (QED) is 0.866. The van der Waals surface area contributed by atoms with Gasteiger partial charge in [-0.1, -0.05) is 18.2 Å². The van der Waals surface area contributed by atoms with Gasteiger partial charge in [-0.2, -0.15) is 5.26 Å². The molecule has 0 aliphatic carbocycles. The number of nitriles is 1. The van der Waals surface area contributed by atoms with Gasteiger partial charge >= 0.3 is 0 Å². The predicted octanol–water partition coefficient (Wildman–Crippen LogP) is 2.44. The number of thiophene rings is 1. The minimum atomic E-state index is -0.468. The summed E-state index contributed by atoms with van der Waals surface area (Å²) in [4.78, 5) is 0.966. The zero-order valence-electron chi connectivity index (χ0n) is 9.84. The molecule has 2 aromatic rings. The van der Waals surface area contributed by atoms with Crippen LogP contribution in [0.3, 0.4) is 0 Å². The van der Waals surface area contributed by atoms with Crippen LogP contribution in [-0.4, -0.2) is 11.7 Å². The lowest BCUT2D eigenvalue weighted by Gasteiger charge is -2.10. The largest absolute Gasteiger partial charge is 0.386 e. The van der Waals surface area contributed by atoms with Crippen LogP contribution >= 0.6 is 11.3 Å². The number of hydrogen-bond donors (Lipinski definition) is 2. The highest BCUT2D eigenvalue weighted by atomic mass is 32.1. The van der Waals surface area contributed by atoms with Gasteiger partial charge in [0.25, 0.3) is 0 Å². The van der Waals surface area contributed by atoms with Gasteiger partial charge in [0.1, 0.15) is 6.10 Å². The van der Waals surface area contributed by atoms with E-state index < -0.39 is 6.10 Å². The number of aliphatic hydroxyl groups is 1. The van der Waals surface area contributed by atoms with Crippen molar-refractivity contribution in [1.29, 1.82) is 5.26 Å². The predicted molar refractivity (Wildman–Crippen MR) is 72.1 cm³/mol. The van der Waals surface area contributed by atoms with E-state index in [-0.39, 0.29) is 0 Å². The molecule has 0 aliphatic rings. The van der Waals surface area contributed by atoms with E-state index >= 15 is 0 Å². The maximum Gasteiger partial charge on any atom is 0.101 e. The molecule has 0 spiro atoms. The second kappa shape index (κ2) is 6.31. The van der Waals surface area contributed by atoms with E-state index in [1.54, 1.807) is 17.4 Å². The third-order valence-corrected chi connectivity index (χ3v) is 3.57. The highest BCUT2D eigenvalue weighted by molar-refractivity contribution is 7.10. The Morgan fingerprint density at radius 1 is 1.33 bits per heavy atom. The minimum Gasteiger partial charge on any atom is -0.386 e. The Morgan fingerprint density at radius 2 is 2.22 bits per heavy atom. The van der Waals surface area contributed by atoms with Gasteiger partial charge in [0.2, 0.25) is 0 Å². The molecule has 0 amide bonds. The van der Waals surface area contributed by atoms with Crippen molar-refractivity contribution in [3.8, 4) is 6.07 Å². The van der Waals surface area contributed by atoms with Crippen LogP contribution in [0, 0.1) is 11.3 Å². The Kier molecular flexibility index (Phi) is 4.48. The van der Waals surface area contributed by atoms with E-state index in [1.807, 2.05) is 35.7 Å². The number of hydrogen-bond acceptors (Lipinski definition) is 4. The van der Waals surface area contributed by atoms with Crippen molar-refractivity contribution in [3.05, 3.63) is 57.8 Å². The summed E-state index contributed by atoms with van der Waals surface area (Å²) in [5.41, 5.74) is 1.71. The third kappa shape index (κ3) is 3.41. The van der Waals surface area contributed by atoms with Gasteiger partial charge in [-0.25, -0.2) is 0 Å². The molecule has 1 aromatic carbocycles. The first-order valence-electron chi connectivity index (χ1n) is 5.71. The minimum absolute atomic E-state index is 0.468. The summed E-state index contributed by atoms with van der Waals surface area (Å²) in [6.07, 6.45) is -0.468. The first-order chi connectivity index (χ1) is 8.79. The molecule has 18 heavy (non-hydrogen) atoms. The molecule has 1 atom stereocenters. The molecule has 0 radical (unpaired) electrons. The standard InChI is InChI=1S/C14H14N2OS/c15-8-11-3-1-4-12(7-11)9-16-10-13(17)14-5-2-6-18-14/h1-7,13,16-17H,9-10H2. The average Bonchev–Trinajstić information content (AvgIpc) is 2.93. The van der Waals surface area contributed by atoms with Crippen molar-refractivity contribution >= 4 is 11.3 Å². The Morgan fingerprint density at radius 3 is 2.94 bits per heavy atom. The van der Waals surface area contributed by atoms with Gasteiger partial charge in [-0.05, 0) is 29.1 Å². The van der Waals surface area contributed by atoms with Crippen molar-refractivity contribution in [2.45, 2.75) is 12.6 Å². The maximum atomic E-state index is 9.88. The molecule has 2 N–H and O–H groups in total. The second-order valence-corrected chi connectivity index (χ2v) is 4.95. The molecule has 92 valence electrons. The van der Waals surface area contributed by atoms with Gasteiger partial charge in [0.15, 0.2) is 0 Å². The Hall–Kier alpha value is -1.67. The topological polar surface area (TPSA) is 56.0 Å². The van der Waals surface area contributed by atoms with Crippen LogP contribution in [-0.2, 0) is 6.54 Å². The normalized spacial score (nSPS) is 12.0. The van der Waals surface area contributed by atoms with Crippen LogP contribution in [0.4, 0.5) is 0 Å². The van der Waals surface area contributed by atoms with Crippen molar-refractivity contribution in [2.24, 2.45) is 0 Å². The molecular formula is C14H14N2OS. The summed E-state index contributed by atoms with van der Waals surface area (Å²) in [5.74, 6) is 0. The first-order valence-corrected chi connectivity index (χ1v) is 6.59. The first kappa shape index (κ1) is 12.8. The lowest BCUT2D eigenvalue weighted by atomic mass is 10.1. The molecule has 1 unspecified atom stereocenters. The Bertz CT molecular complexity index is 531. The molecule has 0 bridgehead atoms. The van der Waals surface area contributed by atoms with Gasteiger partial charge in [0.05, 0.1) is 11.6 Å². The third-order valence-electron chi connectivity index (χ3n) is 2.59. The molecule has 0 saturated carbocycles. The van der Waals surface area contributed by atoms with Crippen molar-refractivity contribution < 1.29 is 5.11 Å². The maximum absolute atomic E-state index is 9.88. The fourth-order valence-corrected chi connectivity index (χ4v) is 2.40. The molecule has 0 fully saturated rings. The van der Waals surface area contributed by atoms with Gasteiger partial charge < -0.3 is 10.4 Å². The molecule has 3 nitrogen and oxygen atoms in total. The van der Waals surface area contributed by atoms with Crippen molar-refractivity contribution in [3.63, 3.8) is 0 Å². The lowest BCUT2D eigenvalue weighted by molar-refractivity contribution is 0.178. The molecule has 2 rings (SSSR count). The fourth-order valence-electron chi connectivity index (χ4n) is 1.69. The number of rotatable bonds is 5. The molecule has 0 saturated heterocycles. The van der Waals surface area contributed by atoms with Crippen LogP contribution in [0.15, 0.2) is 41.8 Å². The van der Waals surface area contributed by atoms with E-state index in [2.05, 4.69) is 11.4 Å². The lowest BCUT2D eigenvalue weighted by Crippen LogP contribution is -2.20. The zero-order valence-corrected chi connectivity index (χ0v) is 10.7. The van der Waals surface area contributed by atoms with Gasteiger partial charge in [0, 0.05) is 18.0 Å². The van der Waals surface area contributed by atoms with Crippen molar-refractivity contribution in [1.82, 2.24) is 5.32 Å². The average molecular weight is 258 g/mol. The Balaban J connectivity index is 1.83. The summed E-state index contributed by atoms with van der Waals surface area (Å²) in [5, 5.41) is 23.8. The number of nitrogens with one attached hydrogen (secondary N) is 1. The van der Waals surface area contributed by atoms with Gasteiger partial charge in [-0.15, -0.1) is 11.3 Å². The molecule has 1 heterocycles. The number of aliphatic hydroxyl groups excluding tert-OH is 1. The smallest absolute Gasteiger partial charge is 0.101 e. The molecule has 0 aliphatic heterocycles.